The van der Waals surface area contributed by atoms with Crippen molar-refractivity contribution >= 4 is 29.5 Å². The summed E-state index contributed by atoms with van der Waals surface area (Å²) in [6, 6.07) is 7.38. The monoisotopic (exact) mass is 413 g/mol. The summed E-state index contributed by atoms with van der Waals surface area (Å²) >= 11 is 0. The number of fused-ring (bicyclic) bond motifs is 1. The van der Waals surface area contributed by atoms with Crippen LogP contribution in [0, 0.1) is 11.8 Å². The van der Waals surface area contributed by atoms with E-state index in [4.69, 9.17) is 4.74 Å². The molecule has 1 saturated carbocycles. The predicted octanol–water partition coefficient (Wildman–Crippen LogP) is 1.87. The molecule has 8 heteroatoms. The second-order valence-electron chi connectivity index (χ2n) is 8.17. The number of esters is 1. The minimum absolute atomic E-state index is 0.0421. The summed E-state index contributed by atoms with van der Waals surface area (Å²) in [5, 5.41) is 2.56. The molecule has 1 aliphatic carbocycles. The lowest BCUT2D eigenvalue weighted by atomic mass is 9.78. The van der Waals surface area contributed by atoms with Crippen LogP contribution >= 0.6 is 0 Å². The highest BCUT2D eigenvalue weighted by Crippen LogP contribution is 2.36. The fourth-order valence-corrected chi connectivity index (χ4v) is 4.69. The van der Waals surface area contributed by atoms with Gasteiger partial charge in [0.05, 0.1) is 11.8 Å². The number of ether oxygens (including phenoxy) is 1. The van der Waals surface area contributed by atoms with Crippen LogP contribution in [0.1, 0.15) is 38.2 Å². The summed E-state index contributed by atoms with van der Waals surface area (Å²) in [5.74, 6) is -2.12. The first-order valence-electron chi connectivity index (χ1n) is 10.7. The smallest absolute Gasteiger partial charge is 0.324 e. The van der Waals surface area contributed by atoms with Gasteiger partial charge in [-0.05, 0) is 37.8 Å². The summed E-state index contributed by atoms with van der Waals surface area (Å²) < 4.78 is 5.44. The van der Waals surface area contributed by atoms with Crippen LogP contribution in [0.5, 0.6) is 0 Å². The number of para-hydroxylation sites is 1. The number of anilines is 1. The lowest BCUT2D eigenvalue weighted by Gasteiger charge is -2.32. The van der Waals surface area contributed by atoms with Gasteiger partial charge >= 0.3 is 12.0 Å². The number of imide groups is 1. The zero-order valence-electron chi connectivity index (χ0n) is 17.1. The van der Waals surface area contributed by atoms with Crippen molar-refractivity contribution in [2.75, 3.05) is 24.5 Å². The topological polar surface area (TPSA) is 96.0 Å². The number of nitrogens with one attached hydrogen (secondary N) is 1. The molecule has 1 N–H and O–H groups in total. The number of hydrogen-bond acceptors (Lipinski definition) is 5. The highest BCUT2D eigenvalue weighted by molar-refractivity contribution is 6.00. The first kappa shape index (κ1) is 20.4. The maximum atomic E-state index is 13.3. The molecule has 0 radical (unpaired) electrons. The van der Waals surface area contributed by atoms with E-state index in [1.807, 2.05) is 24.3 Å². The van der Waals surface area contributed by atoms with E-state index in [0.717, 1.165) is 35.4 Å². The Labute approximate surface area is 175 Å². The minimum atomic E-state index is -1.06. The maximum Gasteiger partial charge on any atom is 0.324 e. The van der Waals surface area contributed by atoms with Gasteiger partial charge in [0.2, 0.25) is 5.91 Å². The van der Waals surface area contributed by atoms with Gasteiger partial charge in [-0.3, -0.25) is 19.3 Å². The van der Waals surface area contributed by atoms with Crippen molar-refractivity contribution in [1.82, 2.24) is 10.2 Å². The van der Waals surface area contributed by atoms with Gasteiger partial charge in [-0.1, -0.05) is 31.0 Å². The number of nitrogens with zero attached hydrogens (tertiary/aromatic N) is 2. The number of carbonyl (C=O) groups is 4. The second-order valence-corrected chi connectivity index (χ2v) is 8.17. The van der Waals surface area contributed by atoms with Crippen LogP contribution in [0.2, 0.25) is 0 Å². The molecule has 3 aliphatic rings. The average Bonchev–Trinajstić information content (AvgIpc) is 3.38. The lowest BCUT2D eigenvalue weighted by Crippen LogP contribution is -2.45. The van der Waals surface area contributed by atoms with Gasteiger partial charge in [0, 0.05) is 25.3 Å². The second kappa shape index (κ2) is 8.45. The third-order valence-electron chi connectivity index (χ3n) is 6.30. The summed E-state index contributed by atoms with van der Waals surface area (Å²) in [5.41, 5.74) is 2.06. The fourth-order valence-electron chi connectivity index (χ4n) is 4.69. The molecule has 2 fully saturated rings. The predicted molar refractivity (Wildman–Crippen MR) is 109 cm³/mol. The molecule has 0 aromatic heterocycles. The first-order valence-corrected chi connectivity index (χ1v) is 10.7. The molecule has 2 heterocycles. The molecule has 0 spiro atoms. The van der Waals surface area contributed by atoms with Gasteiger partial charge in [-0.2, -0.15) is 0 Å². The number of benzene rings is 1. The van der Waals surface area contributed by atoms with Crippen molar-refractivity contribution in [3.63, 3.8) is 0 Å². The number of hydrogen-bond donors (Lipinski definition) is 1. The number of rotatable bonds is 4. The number of carbonyl (C=O) groups excluding carboxylic acids is 4. The normalized spacial score (nSPS) is 24.2. The molecule has 0 bridgehead atoms. The van der Waals surface area contributed by atoms with Crippen LogP contribution in [0.25, 0.3) is 0 Å². The van der Waals surface area contributed by atoms with Crippen LogP contribution in [0.3, 0.4) is 0 Å². The SMILES string of the molecule is CC(OC(=O)C1CCCCC1C(=O)N1CCc2ccccc21)C(=O)N1CCNC1=O. The molecule has 3 atom stereocenters. The zero-order valence-corrected chi connectivity index (χ0v) is 17.1. The molecule has 160 valence electrons. The van der Waals surface area contributed by atoms with Crippen molar-refractivity contribution < 1.29 is 23.9 Å². The largest absolute Gasteiger partial charge is 0.452 e. The van der Waals surface area contributed by atoms with E-state index < -0.39 is 35.8 Å². The third kappa shape index (κ3) is 3.78. The molecule has 1 aromatic carbocycles. The van der Waals surface area contributed by atoms with E-state index in [1.165, 1.54) is 6.92 Å². The number of urea groups is 1. The quantitative estimate of drug-likeness (QED) is 0.760. The van der Waals surface area contributed by atoms with E-state index in [2.05, 4.69) is 5.32 Å². The van der Waals surface area contributed by atoms with Gasteiger partial charge in [0.15, 0.2) is 6.10 Å². The summed E-state index contributed by atoms with van der Waals surface area (Å²) in [6.45, 7) is 2.75. The van der Waals surface area contributed by atoms with Crippen molar-refractivity contribution in [3.8, 4) is 0 Å². The lowest BCUT2D eigenvalue weighted by molar-refractivity contribution is -0.164. The van der Waals surface area contributed by atoms with Crippen molar-refractivity contribution in [3.05, 3.63) is 29.8 Å². The van der Waals surface area contributed by atoms with Crippen molar-refractivity contribution in [2.45, 2.75) is 45.1 Å². The van der Waals surface area contributed by atoms with Gasteiger partial charge in [-0.15, -0.1) is 0 Å². The fraction of sp³-hybridized carbons (Fsp3) is 0.545. The van der Waals surface area contributed by atoms with Crippen LogP contribution in [0.15, 0.2) is 24.3 Å². The van der Waals surface area contributed by atoms with Crippen molar-refractivity contribution in [1.29, 1.82) is 0 Å². The maximum absolute atomic E-state index is 13.3. The Morgan fingerprint density at radius 2 is 1.80 bits per heavy atom. The highest BCUT2D eigenvalue weighted by atomic mass is 16.5. The molecule has 30 heavy (non-hydrogen) atoms. The van der Waals surface area contributed by atoms with Crippen LogP contribution < -0.4 is 10.2 Å². The summed E-state index contributed by atoms with van der Waals surface area (Å²) in [6.07, 6.45) is 2.68. The zero-order chi connectivity index (χ0) is 21.3. The van der Waals surface area contributed by atoms with Crippen molar-refractivity contribution in [2.24, 2.45) is 11.8 Å². The Morgan fingerprint density at radius 1 is 1.07 bits per heavy atom. The molecule has 1 saturated heterocycles. The Balaban J connectivity index is 1.44. The molecular formula is C22H27N3O5. The van der Waals surface area contributed by atoms with Crippen LogP contribution in [0.4, 0.5) is 10.5 Å². The number of amides is 4. The third-order valence-corrected chi connectivity index (χ3v) is 6.30. The summed E-state index contributed by atoms with van der Waals surface area (Å²) in [7, 11) is 0. The minimum Gasteiger partial charge on any atom is -0.452 e. The van der Waals surface area contributed by atoms with E-state index >= 15 is 0 Å². The Bertz CT molecular complexity index is 870. The molecule has 4 amide bonds. The van der Waals surface area contributed by atoms with E-state index in [0.29, 0.717) is 25.9 Å². The molecule has 4 rings (SSSR count). The Morgan fingerprint density at radius 3 is 2.53 bits per heavy atom. The van der Waals surface area contributed by atoms with E-state index in [-0.39, 0.29) is 12.5 Å². The van der Waals surface area contributed by atoms with Crippen LogP contribution in [-0.4, -0.2) is 54.5 Å². The van der Waals surface area contributed by atoms with Gasteiger partial charge in [0.25, 0.3) is 5.91 Å². The van der Waals surface area contributed by atoms with E-state index in [9.17, 15) is 19.2 Å². The average molecular weight is 413 g/mol. The standard InChI is InChI=1S/C22H27N3O5/c1-14(19(26)25-13-11-23-22(25)29)30-21(28)17-8-4-3-7-16(17)20(27)24-12-10-15-6-2-5-9-18(15)24/h2,5-6,9,14,16-17H,3-4,7-8,10-13H2,1H3,(H,23,29). The highest BCUT2D eigenvalue weighted by Gasteiger charge is 2.42. The van der Waals surface area contributed by atoms with Gasteiger partial charge in [-0.25, -0.2) is 4.79 Å². The van der Waals surface area contributed by atoms with Gasteiger partial charge in [0.1, 0.15) is 0 Å². The first-order chi connectivity index (χ1) is 14.5. The van der Waals surface area contributed by atoms with E-state index in [1.54, 1.807) is 4.90 Å². The Kier molecular flexibility index (Phi) is 5.74. The molecular weight excluding hydrogens is 386 g/mol. The Hall–Kier alpha value is -2.90. The molecule has 3 unspecified atom stereocenters. The summed E-state index contributed by atoms with van der Waals surface area (Å²) in [4.78, 5) is 53.3. The molecule has 1 aromatic rings. The van der Waals surface area contributed by atoms with Crippen LogP contribution in [-0.2, 0) is 25.5 Å². The molecule has 8 nitrogen and oxygen atoms in total. The van der Waals surface area contributed by atoms with Gasteiger partial charge < -0.3 is 15.0 Å². The molecule has 2 aliphatic heterocycles.